The molecular formula is C4H22F2LiN2O6P. The third-order valence-electron chi connectivity index (χ3n) is 0.0563. The average molecular weight is 270 g/mol. The summed E-state index contributed by atoms with van der Waals surface area (Å²) >= 11 is 0. The standard InChI is InChI=1S/CO2.3CH4.FO3P.FH.Li.2H3N.H2O.H/c2-1-3;;;;1-4-5(2)3;;;;;;/h;3*1H4;;1H;;2*1H3;1H2;/q;;;;;;+1;;;;-1. The van der Waals surface area contributed by atoms with Gasteiger partial charge in [0.15, 0.2) is 0 Å². The van der Waals surface area contributed by atoms with Crippen molar-refractivity contribution in [2.24, 2.45) is 0 Å². The Morgan fingerprint density at radius 3 is 1.12 bits per heavy atom. The molecule has 8 nitrogen and oxygen atoms in total. The maximum absolute atomic E-state index is 10.0. The minimum atomic E-state index is -3.26. The van der Waals surface area contributed by atoms with E-state index in [1.165, 1.54) is 0 Å². The Bertz CT molecular complexity index is 153. The van der Waals surface area contributed by atoms with Crippen molar-refractivity contribution in [1.29, 1.82) is 0 Å². The van der Waals surface area contributed by atoms with Crippen molar-refractivity contribution >= 4 is 14.1 Å². The van der Waals surface area contributed by atoms with Crippen molar-refractivity contribution in [2.75, 3.05) is 0 Å². The molecule has 0 radical (unpaired) electrons. The Morgan fingerprint density at radius 1 is 1.06 bits per heavy atom. The SMILES string of the molecule is C.C.C.F.N.N.O.O=C=O.O=P(=O)OF.[H-].[Li+]. The molecule has 0 aliphatic rings. The summed E-state index contributed by atoms with van der Waals surface area (Å²) < 4.78 is 29.8. The van der Waals surface area contributed by atoms with Crippen LogP contribution in [0, 0.1) is 0 Å². The van der Waals surface area contributed by atoms with Crippen LogP contribution >= 0.6 is 7.91 Å². The Hall–Kier alpha value is -0.423. The number of hydrogen-bond donors (Lipinski definition) is 2. The van der Waals surface area contributed by atoms with Crippen molar-refractivity contribution in [3.05, 3.63) is 0 Å². The Labute approximate surface area is 108 Å². The second kappa shape index (κ2) is 128. The summed E-state index contributed by atoms with van der Waals surface area (Å²) in [5, 5.41) is 0. The van der Waals surface area contributed by atoms with Crippen LogP contribution in [-0.2, 0) is 23.4 Å². The van der Waals surface area contributed by atoms with Crippen LogP contribution in [0.1, 0.15) is 23.7 Å². The van der Waals surface area contributed by atoms with Crippen molar-refractivity contribution in [1.82, 2.24) is 12.3 Å². The van der Waals surface area contributed by atoms with Crippen LogP contribution in [0.2, 0.25) is 0 Å². The van der Waals surface area contributed by atoms with Gasteiger partial charge in [0.05, 0.1) is 0 Å². The first-order valence-corrected chi connectivity index (χ1v) is 2.21. The summed E-state index contributed by atoms with van der Waals surface area (Å²) in [4.78, 5) is 16.2. The summed E-state index contributed by atoms with van der Waals surface area (Å²) in [5.74, 6) is 0. The summed E-state index contributed by atoms with van der Waals surface area (Å²) in [5.41, 5.74) is 0. The van der Waals surface area contributed by atoms with Crippen LogP contribution < -0.4 is 31.2 Å². The molecule has 12 heteroatoms. The Morgan fingerprint density at radius 2 is 1.12 bits per heavy atom. The molecule has 0 aromatic heterocycles. The third-order valence-corrected chi connectivity index (χ3v) is 0.169. The molecule has 0 fully saturated rings. The van der Waals surface area contributed by atoms with E-state index >= 15 is 0 Å². The van der Waals surface area contributed by atoms with E-state index in [0.29, 0.717) is 0 Å². The van der Waals surface area contributed by atoms with Crippen LogP contribution in [0.4, 0.5) is 9.23 Å². The zero-order valence-corrected chi connectivity index (χ0v) is 7.58. The molecule has 0 amide bonds. The smallest absolute Gasteiger partial charge is 1.00 e. The van der Waals surface area contributed by atoms with E-state index in [1.807, 2.05) is 0 Å². The molecule has 0 aromatic carbocycles. The van der Waals surface area contributed by atoms with Crippen LogP contribution in [0.5, 0.6) is 0 Å². The number of halogens is 2. The van der Waals surface area contributed by atoms with E-state index in [9.17, 15) is 4.53 Å². The fourth-order valence-corrected chi connectivity index (χ4v) is 0. The predicted molar refractivity (Wildman–Crippen MR) is 53.0 cm³/mol. The fraction of sp³-hybridized carbons (Fsp3) is 0.750. The van der Waals surface area contributed by atoms with Gasteiger partial charge in [0.25, 0.3) is 0 Å². The molecule has 0 rings (SSSR count). The number of carbonyl (C=O) groups excluding carboxylic acids is 2. The van der Waals surface area contributed by atoms with E-state index in [4.69, 9.17) is 18.7 Å². The maximum Gasteiger partial charge on any atom is 1.00 e. The van der Waals surface area contributed by atoms with Gasteiger partial charge >= 0.3 is 32.9 Å². The molecule has 104 valence electrons. The Balaban J connectivity index is -0.00000000317. The summed E-state index contributed by atoms with van der Waals surface area (Å²) in [6, 6.07) is 0. The van der Waals surface area contributed by atoms with E-state index in [0.717, 1.165) is 0 Å². The topological polar surface area (TPSA) is 179 Å². The van der Waals surface area contributed by atoms with Gasteiger partial charge in [0, 0.05) is 0 Å². The van der Waals surface area contributed by atoms with Gasteiger partial charge < -0.3 is 19.2 Å². The summed E-state index contributed by atoms with van der Waals surface area (Å²) in [7, 11) is -3.26. The second-order valence-corrected chi connectivity index (χ2v) is 0.961. The predicted octanol–water partition coefficient (Wildman–Crippen LogP) is -0.931. The van der Waals surface area contributed by atoms with E-state index in [-0.39, 0.29) is 71.2 Å². The molecular weight excluding hydrogens is 248 g/mol. The van der Waals surface area contributed by atoms with Gasteiger partial charge in [-0.25, -0.2) is 9.13 Å². The fourth-order valence-electron chi connectivity index (χ4n) is 0. The number of rotatable bonds is 1. The van der Waals surface area contributed by atoms with Crippen molar-refractivity contribution in [2.45, 2.75) is 22.3 Å². The summed E-state index contributed by atoms with van der Waals surface area (Å²) in [6.45, 7) is 0. The molecule has 0 bridgehead atoms. The monoisotopic (exact) mass is 270 g/mol. The minimum Gasteiger partial charge on any atom is -1.00 e. The first-order chi connectivity index (χ1) is 3.68. The van der Waals surface area contributed by atoms with E-state index in [2.05, 4.69) is 4.73 Å². The normalized spacial score (nSPS) is 2.81. The van der Waals surface area contributed by atoms with Gasteiger partial charge in [-0.3, -0.25) is 4.70 Å². The van der Waals surface area contributed by atoms with Crippen LogP contribution in [0.3, 0.4) is 0 Å². The molecule has 0 heterocycles. The van der Waals surface area contributed by atoms with E-state index in [1.54, 1.807) is 0 Å². The van der Waals surface area contributed by atoms with Crippen molar-refractivity contribution in [3.8, 4) is 0 Å². The van der Waals surface area contributed by atoms with Crippen LogP contribution in [0.15, 0.2) is 0 Å². The molecule has 0 aromatic rings. The van der Waals surface area contributed by atoms with Gasteiger partial charge in [-0.15, -0.1) is 0 Å². The van der Waals surface area contributed by atoms with Crippen LogP contribution in [0.25, 0.3) is 0 Å². The molecule has 16 heavy (non-hydrogen) atoms. The van der Waals surface area contributed by atoms with Gasteiger partial charge in [0.1, 0.15) is 0 Å². The first kappa shape index (κ1) is 106. The van der Waals surface area contributed by atoms with Gasteiger partial charge in [-0.05, 0) is 4.53 Å². The quantitative estimate of drug-likeness (QED) is 0.455. The molecule has 0 saturated heterocycles. The zero-order chi connectivity index (χ0) is 6.99. The number of hydrogen-bond acceptors (Lipinski definition) is 7. The molecule has 0 aliphatic carbocycles. The van der Waals surface area contributed by atoms with Crippen LogP contribution in [-0.4, -0.2) is 11.6 Å². The molecule has 0 spiro atoms. The molecule has 0 unspecified atom stereocenters. The third kappa shape index (κ3) is 863. The van der Waals surface area contributed by atoms with Gasteiger partial charge in [-0.1, -0.05) is 27.0 Å². The van der Waals surface area contributed by atoms with Crippen molar-refractivity contribution < 1.29 is 58.4 Å². The Kier molecular flexibility index (Phi) is 853. The van der Waals surface area contributed by atoms with Gasteiger partial charge in [0.2, 0.25) is 0 Å². The molecule has 0 saturated carbocycles. The van der Waals surface area contributed by atoms with Crippen molar-refractivity contribution in [3.63, 3.8) is 0 Å². The largest absolute Gasteiger partial charge is 1.00 e. The van der Waals surface area contributed by atoms with E-state index < -0.39 is 7.91 Å². The molecule has 0 aliphatic heterocycles. The zero-order valence-electron chi connectivity index (χ0n) is 7.69. The van der Waals surface area contributed by atoms with Gasteiger partial charge in [-0.2, -0.15) is 9.59 Å². The molecule has 0 atom stereocenters. The molecule has 8 N–H and O–H groups in total. The maximum atomic E-state index is 10.0. The first-order valence-electron chi connectivity index (χ1n) is 1.11. The second-order valence-electron chi connectivity index (χ2n) is 0.376. The average Bonchev–Trinajstić information content (AvgIpc) is 1.69. The summed E-state index contributed by atoms with van der Waals surface area (Å²) in [6.07, 6.45) is 0.250. The minimum absolute atomic E-state index is 0.